The van der Waals surface area contributed by atoms with E-state index in [1.54, 1.807) is 32.0 Å². The van der Waals surface area contributed by atoms with Gasteiger partial charge < -0.3 is 14.8 Å². The van der Waals surface area contributed by atoms with Crippen LogP contribution in [0.3, 0.4) is 0 Å². The number of hydrogen-bond acceptors (Lipinski definition) is 5. The molecule has 0 spiro atoms. The topological polar surface area (TPSA) is 81.7 Å². The highest BCUT2D eigenvalue weighted by atomic mass is 127. The Hall–Kier alpha value is -1.64. The van der Waals surface area contributed by atoms with E-state index < -0.39 is 23.9 Å². The first kappa shape index (κ1) is 17.4. The van der Waals surface area contributed by atoms with E-state index in [-0.39, 0.29) is 13.2 Å². The van der Waals surface area contributed by atoms with Gasteiger partial charge in [-0.1, -0.05) is 6.07 Å². The summed E-state index contributed by atoms with van der Waals surface area (Å²) in [5.74, 6) is -2.22. The van der Waals surface area contributed by atoms with Gasteiger partial charge >= 0.3 is 11.9 Å². The Morgan fingerprint density at radius 3 is 2.19 bits per heavy atom. The summed E-state index contributed by atoms with van der Waals surface area (Å²) in [6.45, 7) is 3.44. The number of ether oxygens (including phenoxy) is 2. The number of benzene rings is 1. The quantitative estimate of drug-likeness (QED) is 0.441. The van der Waals surface area contributed by atoms with Crippen LogP contribution in [-0.2, 0) is 19.1 Å². The molecule has 7 heteroatoms. The molecule has 0 saturated heterocycles. The van der Waals surface area contributed by atoms with Gasteiger partial charge in [0.2, 0.25) is 6.04 Å². The van der Waals surface area contributed by atoms with Crippen molar-refractivity contribution in [2.45, 2.75) is 19.9 Å². The minimum Gasteiger partial charge on any atom is -0.464 e. The van der Waals surface area contributed by atoms with Crippen LogP contribution in [0.2, 0.25) is 0 Å². The Kier molecular flexibility index (Phi) is 7.13. The van der Waals surface area contributed by atoms with Crippen LogP contribution in [0.15, 0.2) is 24.3 Å². The molecule has 1 N–H and O–H groups in total. The maximum Gasteiger partial charge on any atom is 0.340 e. The molecule has 0 bridgehead atoms. The fraction of sp³-hybridized carbons (Fsp3) is 0.357. The van der Waals surface area contributed by atoms with E-state index in [0.29, 0.717) is 5.56 Å². The zero-order valence-electron chi connectivity index (χ0n) is 11.7. The first-order valence-corrected chi connectivity index (χ1v) is 7.47. The summed E-state index contributed by atoms with van der Waals surface area (Å²) in [6.07, 6.45) is 0. The lowest BCUT2D eigenvalue weighted by Crippen LogP contribution is -2.48. The van der Waals surface area contributed by atoms with Gasteiger partial charge in [0.05, 0.1) is 13.2 Å². The van der Waals surface area contributed by atoms with Crippen molar-refractivity contribution in [3.8, 4) is 0 Å². The molecule has 114 valence electrons. The highest BCUT2D eigenvalue weighted by molar-refractivity contribution is 14.1. The molecule has 0 fully saturated rings. The van der Waals surface area contributed by atoms with Crippen molar-refractivity contribution in [3.63, 3.8) is 0 Å². The average Bonchev–Trinajstić information content (AvgIpc) is 2.44. The molecule has 0 aliphatic heterocycles. The second-order valence-corrected chi connectivity index (χ2v) is 5.17. The third kappa shape index (κ3) is 5.33. The number of halogens is 1. The maximum absolute atomic E-state index is 12.1. The van der Waals surface area contributed by atoms with Crippen molar-refractivity contribution in [1.82, 2.24) is 5.32 Å². The van der Waals surface area contributed by atoms with E-state index in [0.717, 1.165) is 3.57 Å². The summed E-state index contributed by atoms with van der Waals surface area (Å²) in [6, 6.07) is 5.30. The number of carbonyl (C=O) groups excluding carboxylic acids is 3. The molecule has 1 amide bonds. The van der Waals surface area contributed by atoms with Gasteiger partial charge in [0.15, 0.2) is 0 Å². The van der Waals surface area contributed by atoms with Gasteiger partial charge in [-0.3, -0.25) is 4.79 Å². The molecule has 0 unspecified atom stereocenters. The Morgan fingerprint density at radius 1 is 1.14 bits per heavy atom. The standard InChI is InChI=1S/C14H16INO5/c1-3-20-13(18)11(14(19)21-4-2)16-12(17)9-6-5-7-10(15)8-9/h5-8,11H,3-4H2,1-2H3,(H,16,17). The highest BCUT2D eigenvalue weighted by Crippen LogP contribution is 2.08. The van der Waals surface area contributed by atoms with Crippen molar-refractivity contribution in [2.75, 3.05) is 13.2 Å². The minimum atomic E-state index is -1.46. The van der Waals surface area contributed by atoms with Crippen molar-refractivity contribution in [3.05, 3.63) is 33.4 Å². The van der Waals surface area contributed by atoms with Crippen LogP contribution in [0.25, 0.3) is 0 Å². The Bertz CT molecular complexity index is 514. The van der Waals surface area contributed by atoms with Crippen molar-refractivity contribution < 1.29 is 23.9 Å². The first-order valence-electron chi connectivity index (χ1n) is 6.39. The lowest BCUT2D eigenvalue weighted by atomic mass is 10.2. The smallest absolute Gasteiger partial charge is 0.340 e. The first-order chi connectivity index (χ1) is 9.99. The second kappa shape index (κ2) is 8.60. The number of esters is 2. The van der Waals surface area contributed by atoms with Gasteiger partial charge in [0.25, 0.3) is 5.91 Å². The van der Waals surface area contributed by atoms with Crippen LogP contribution in [-0.4, -0.2) is 37.1 Å². The molecular weight excluding hydrogens is 389 g/mol. The maximum atomic E-state index is 12.1. The molecule has 1 aromatic rings. The van der Waals surface area contributed by atoms with Gasteiger partial charge in [-0.25, -0.2) is 9.59 Å². The van der Waals surface area contributed by atoms with E-state index >= 15 is 0 Å². The van der Waals surface area contributed by atoms with Gasteiger partial charge in [-0.05, 0) is 54.6 Å². The highest BCUT2D eigenvalue weighted by Gasteiger charge is 2.31. The van der Waals surface area contributed by atoms with Crippen LogP contribution in [0.1, 0.15) is 24.2 Å². The molecule has 0 heterocycles. The SMILES string of the molecule is CCOC(=O)C(NC(=O)c1cccc(I)c1)C(=O)OCC. The van der Waals surface area contributed by atoms with E-state index in [1.807, 2.05) is 6.07 Å². The predicted octanol–water partition coefficient (Wildman–Crippen LogP) is 1.52. The second-order valence-electron chi connectivity index (χ2n) is 3.92. The van der Waals surface area contributed by atoms with Crippen LogP contribution < -0.4 is 5.32 Å². The van der Waals surface area contributed by atoms with Crippen LogP contribution >= 0.6 is 22.6 Å². The Morgan fingerprint density at radius 2 is 1.71 bits per heavy atom. The summed E-state index contributed by atoms with van der Waals surface area (Å²) in [5, 5.41) is 2.34. The molecule has 0 radical (unpaired) electrons. The zero-order valence-corrected chi connectivity index (χ0v) is 13.9. The molecule has 21 heavy (non-hydrogen) atoms. The average molecular weight is 405 g/mol. The van der Waals surface area contributed by atoms with Crippen molar-refractivity contribution in [2.24, 2.45) is 0 Å². The Labute approximate surface area is 136 Å². The monoisotopic (exact) mass is 405 g/mol. The van der Waals surface area contributed by atoms with Crippen molar-refractivity contribution in [1.29, 1.82) is 0 Å². The van der Waals surface area contributed by atoms with Gasteiger partial charge in [0.1, 0.15) is 0 Å². The number of hydrogen-bond donors (Lipinski definition) is 1. The number of carbonyl (C=O) groups is 3. The molecule has 0 saturated carbocycles. The third-order valence-corrected chi connectivity index (χ3v) is 3.08. The molecule has 6 nitrogen and oxygen atoms in total. The predicted molar refractivity (Wildman–Crippen MR) is 83.7 cm³/mol. The molecule has 1 aromatic carbocycles. The molecular formula is C14H16INO5. The number of amides is 1. The van der Waals surface area contributed by atoms with Gasteiger partial charge in [-0.15, -0.1) is 0 Å². The molecule has 1 rings (SSSR count). The van der Waals surface area contributed by atoms with Crippen LogP contribution in [0.5, 0.6) is 0 Å². The van der Waals surface area contributed by atoms with E-state index in [1.165, 1.54) is 0 Å². The fourth-order valence-electron chi connectivity index (χ4n) is 1.51. The third-order valence-electron chi connectivity index (χ3n) is 2.41. The van der Waals surface area contributed by atoms with Crippen LogP contribution in [0.4, 0.5) is 0 Å². The lowest BCUT2D eigenvalue weighted by molar-refractivity contribution is -0.157. The summed E-state index contributed by atoms with van der Waals surface area (Å²) < 4.78 is 10.4. The van der Waals surface area contributed by atoms with E-state index in [2.05, 4.69) is 27.9 Å². The molecule has 0 aliphatic rings. The Balaban J connectivity index is 2.87. The largest absolute Gasteiger partial charge is 0.464 e. The van der Waals surface area contributed by atoms with Crippen LogP contribution in [0, 0.1) is 3.57 Å². The minimum absolute atomic E-state index is 0.105. The molecule has 0 aromatic heterocycles. The normalized spacial score (nSPS) is 10.1. The van der Waals surface area contributed by atoms with E-state index in [9.17, 15) is 14.4 Å². The van der Waals surface area contributed by atoms with E-state index in [4.69, 9.17) is 9.47 Å². The summed E-state index contributed by atoms with van der Waals surface area (Å²) in [5.41, 5.74) is 0.348. The summed E-state index contributed by atoms with van der Waals surface area (Å²) in [7, 11) is 0. The number of nitrogens with one attached hydrogen (secondary N) is 1. The van der Waals surface area contributed by atoms with Gasteiger partial charge in [0, 0.05) is 9.13 Å². The molecule has 0 atom stereocenters. The fourth-order valence-corrected chi connectivity index (χ4v) is 2.05. The van der Waals surface area contributed by atoms with Gasteiger partial charge in [-0.2, -0.15) is 0 Å². The summed E-state index contributed by atoms with van der Waals surface area (Å²) >= 11 is 2.06. The number of rotatable bonds is 6. The molecule has 0 aliphatic carbocycles. The van der Waals surface area contributed by atoms with Crippen molar-refractivity contribution >= 4 is 40.4 Å². The lowest BCUT2D eigenvalue weighted by Gasteiger charge is -2.15. The summed E-state index contributed by atoms with van der Waals surface area (Å²) in [4.78, 5) is 35.6. The zero-order chi connectivity index (χ0) is 15.8.